The molecule has 1 aromatic carbocycles. The van der Waals surface area contributed by atoms with Crippen LogP contribution in [0.4, 0.5) is 0 Å². The van der Waals surface area contributed by atoms with Crippen LogP contribution < -0.4 is 5.32 Å². The Hall–Kier alpha value is -2.57. The number of benzene rings is 1. The van der Waals surface area contributed by atoms with Crippen LogP contribution in [0.2, 0.25) is 0 Å². The van der Waals surface area contributed by atoms with Crippen LogP contribution in [0.25, 0.3) is 0 Å². The molecule has 0 spiro atoms. The molecule has 18 heavy (non-hydrogen) atoms. The number of H-pyrrole nitrogens is 1. The summed E-state index contributed by atoms with van der Waals surface area (Å²) in [5.41, 5.74) is 0.0348. The first-order valence-corrected chi connectivity index (χ1v) is 5.31. The van der Waals surface area contributed by atoms with Crippen LogP contribution in [0, 0.1) is 0 Å². The number of nitrogens with zero attached hydrogens (tertiary/aromatic N) is 2. The first-order valence-electron chi connectivity index (χ1n) is 5.31. The van der Waals surface area contributed by atoms with Gasteiger partial charge in [0.1, 0.15) is 23.7 Å². The molecule has 0 saturated carbocycles. The molecule has 0 aliphatic carbocycles. The van der Waals surface area contributed by atoms with E-state index >= 15 is 0 Å². The number of rotatable bonds is 4. The van der Waals surface area contributed by atoms with E-state index < -0.39 is 5.91 Å². The number of nitrogens with one attached hydrogen (secondary N) is 2. The highest BCUT2D eigenvalue weighted by molar-refractivity contribution is 5.97. The molecule has 0 aliphatic rings. The van der Waals surface area contributed by atoms with Gasteiger partial charge in [-0.3, -0.25) is 9.89 Å². The summed E-state index contributed by atoms with van der Waals surface area (Å²) in [6.07, 6.45) is 1.89. The summed E-state index contributed by atoms with van der Waals surface area (Å²) in [6.45, 7) is 0.350. The monoisotopic (exact) mass is 248 g/mol. The van der Waals surface area contributed by atoms with Crippen molar-refractivity contribution < 1.29 is 15.0 Å². The van der Waals surface area contributed by atoms with E-state index in [1.807, 2.05) is 0 Å². The first kappa shape index (κ1) is 11.9. The number of carbonyl (C=O) groups is 1. The van der Waals surface area contributed by atoms with Gasteiger partial charge in [0.15, 0.2) is 0 Å². The van der Waals surface area contributed by atoms with Crippen molar-refractivity contribution in [3.8, 4) is 11.5 Å². The molecule has 0 radical (unpaired) electrons. The molecule has 0 aliphatic heterocycles. The van der Waals surface area contributed by atoms with Crippen LogP contribution in [-0.2, 0) is 6.42 Å². The standard InChI is InChI=1S/C11H12N4O3/c16-7-1-2-9(17)8(5-7)11(18)12-4-3-10-13-6-14-15-10/h1-2,5-6,16-17H,3-4H2,(H,12,18)(H,13,14,15). The maximum Gasteiger partial charge on any atom is 0.255 e. The van der Waals surface area contributed by atoms with Crippen molar-refractivity contribution in [1.82, 2.24) is 20.5 Å². The summed E-state index contributed by atoms with van der Waals surface area (Å²) in [5, 5.41) is 27.7. The number of carbonyl (C=O) groups excluding carboxylic acids is 1. The number of aromatic nitrogens is 3. The number of hydrogen-bond acceptors (Lipinski definition) is 5. The van der Waals surface area contributed by atoms with E-state index in [-0.39, 0.29) is 17.1 Å². The van der Waals surface area contributed by atoms with Gasteiger partial charge in [0.05, 0.1) is 5.56 Å². The van der Waals surface area contributed by atoms with Crippen LogP contribution in [0.5, 0.6) is 11.5 Å². The van der Waals surface area contributed by atoms with Crippen LogP contribution in [0.15, 0.2) is 24.5 Å². The van der Waals surface area contributed by atoms with Crippen molar-refractivity contribution in [3.05, 3.63) is 35.9 Å². The van der Waals surface area contributed by atoms with Crippen molar-refractivity contribution in [2.75, 3.05) is 6.54 Å². The van der Waals surface area contributed by atoms with Gasteiger partial charge in [-0.25, -0.2) is 4.98 Å². The second-order valence-electron chi connectivity index (χ2n) is 3.64. The lowest BCUT2D eigenvalue weighted by atomic mass is 10.1. The number of phenolic OH excluding ortho intramolecular Hbond substituents is 2. The van der Waals surface area contributed by atoms with Crippen LogP contribution in [0.1, 0.15) is 16.2 Å². The van der Waals surface area contributed by atoms with E-state index in [0.29, 0.717) is 18.8 Å². The molecule has 1 amide bonds. The molecule has 1 aromatic heterocycles. The summed E-state index contributed by atoms with van der Waals surface area (Å²) in [4.78, 5) is 15.6. The number of amides is 1. The zero-order valence-corrected chi connectivity index (χ0v) is 9.42. The molecule has 0 unspecified atom stereocenters. The molecule has 1 heterocycles. The molecular formula is C11H12N4O3. The predicted molar refractivity (Wildman–Crippen MR) is 62.2 cm³/mol. The maximum absolute atomic E-state index is 11.7. The van der Waals surface area contributed by atoms with Crippen molar-refractivity contribution in [1.29, 1.82) is 0 Å². The summed E-state index contributed by atoms with van der Waals surface area (Å²) >= 11 is 0. The van der Waals surface area contributed by atoms with Crippen molar-refractivity contribution >= 4 is 5.91 Å². The van der Waals surface area contributed by atoms with Crippen molar-refractivity contribution in [2.24, 2.45) is 0 Å². The Morgan fingerprint density at radius 1 is 1.39 bits per heavy atom. The highest BCUT2D eigenvalue weighted by Gasteiger charge is 2.11. The Bertz CT molecular complexity index is 539. The summed E-state index contributed by atoms with van der Waals surface area (Å²) < 4.78 is 0. The second kappa shape index (κ2) is 5.17. The Kier molecular flexibility index (Phi) is 3.42. The largest absolute Gasteiger partial charge is 0.508 e. The fourth-order valence-corrected chi connectivity index (χ4v) is 1.45. The predicted octanol–water partition coefficient (Wildman–Crippen LogP) is 0.188. The van der Waals surface area contributed by atoms with Crippen molar-refractivity contribution in [2.45, 2.75) is 6.42 Å². The van der Waals surface area contributed by atoms with Gasteiger partial charge in [0.25, 0.3) is 5.91 Å². The topological polar surface area (TPSA) is 111 Å². The highest BCUT2D eigenvalue weighted by atomic mass is 16.3. The summed E-state index contributed by atoms with van der Waals surface area (Å²) in [5.74, 6) is -0.0449. The Morgan fingerprint density at radius 2 is 2.22 bits per heavy atom. The van der Waals surface area contributed by atoms with E-state index in [1.165, 1.54) is 24.5 Å². The molecule has 94 valence electrons. The molecule has 0 fully saturated rings. The van der Waals surface area contributed by atoms with Gasteiger partial charge in [-0.2, -0.15) is 5.10 Å². The zero-order valence-electron chi connectivity index (χ0n) is 9.42. The van der Waals surface area contributed by atoms with Gasteiger partial charge in [-0.05, 0) is 18.2 Å². The third-order valence-electron chi connectivity index (χ3n) is 2.34. The van der Waals surface area contributed by atoms with Crippen LogP contribution in [0.3, 0.4) is 0 Å². The van der Waals surface area contributed by atoms with Gasteiger partial charge in [-0.1, -0.05) is 0 Å². The minimum Gasteiger partial charge on any atom is -0.508 e. The number of hydrogen-bond donors (Lipinski definition) is 4. The zero-order chi connectivity index (χ0) is 13.0. The maximum atomic E-state index is 11.7. The number of aromatic amines is 1. The SMILES string of the molecule is O=C(NCCc1ncn[nH]1)c1cc(O)ccc1O. The normalized spacial score (nSPS) is 10.2. The number of phenols is 2. The summed E-state index contributed by atoms with van der Waals surface area (Å²) in [7, 11) is 0. The van der Waals surface area contributed by atoms with E-state index in [4.69, 9.17) is 0 Å². The smallest absolute Gasteiger partial charge is 0.255 e. The molecule has 7 nitrogen and oxygen atoms in total. The van der Waals surface area contributed by atoms with E-state index in [1.54, 1.807) is 0 Å². The molecule has 2 rings (SSSR count). The van der Waals surface area contributed by atoms with Crippen molar-refractivity contribution in [3.63, 3.8) is 0 Å². The Balaban J connectivity index is 1.93. The van der Waals surface area contributed by atoms with Gasteiger partial charge in [-0.15, -0.1) is 0 Å². The molecule has 0 atom stereocenters. The van der Waals surface area contributed by atoms with E-state index in [9.17, 15) is 15.0 Å². The lowest BCUT2D eigenvalue weighted by Crippen LogP contribution is -2.26. The average molecular weight is 248 g/mol. The lowest BCUT2D eigenvalue weighted by Gasteiger charge is -2.06. The van der Waals surface area contributed by atoms with Gasteiger partial charge < -0.3 is 15.5 Å². The lowest BCUT2D eigenvalue weighted by molar-refractivity contribution is 0.0951. The fraction of sp³-hybridized carbons (Fsp3) is 0.182. The summed E-state index contributed by atoms with van der Waals surface area (Å²) in [6, 6.07) is 3.78. The number of aromatic hydroxyl groups is 2. The highest BCUT2D eigenvalue weighted by Crippen LogP contribution is 2.21. The van der Waals surface area contributed by atoms with Gasteiger partial charge >= 0.3 is 0 Å². The third kappa shape index (κ3) is 2.76. The molecule has 2 aromatic rings. The average Bonchev–Trinajstić information content (AvgIpc) is 2.85. The van der Waals surface area contributed by atoms with E-state index in [0.717, 1.165) is 0 Å². The molecular weight excluding hydrogens is 236 g/mol. The first-order chi connectivity index (χ1) is 8.66. The molecule has 7 heteroatoms. The Labute approximate surface area is 103 Å². The molecule has 0 bridgehead atoms. The quantitative estimate of drug-likeness (QED) is 0.577. The molecule has 0 saturated heterocycles. The van der Waals surface area contributed by atoms with Crippen LogP contribution in [-0.4, -0.2) is 37.8 Å². The minimum atomic E-state index is -0.456. The van der Waals surface area contributed by atoms with Crippen LogP contribution >= 0.6 is 0 Å². The van der Waals surface area contributed by atoms with Gasteiger partial charge in [0, 0.05) is 13.0 Å². The van der Waals surface area contributed by atoms with Gasteiger partial charge in [0.2, 0.25) is 0 Å². The Morgan fingerprint density at radius 3 is 2.94 bits per heavy atom. The fourth-order valence-electron chi connectivity index (χ4n) is 1.45. The molecule has 4 N–H and O–H groups in total. The third-order valence-corrected chi connectivity index (χ3v) is 2.34. The second-order valence-corrected chi connectivity index (χ2v) is 3.64. The minimum absolute atomic E-state index is 0.0348. The van der Waals surface area contributed by atoms with E-state index in [2.05, 4.69) is 20.5 Å².